The molecule has 2 aromatic rings. The lowest BCUT2D eigenvalue weighted by Gasteiger charge is -2.16. The van der Waals surface area contributed by atoms with Gasteiger partial charge in [-0.25, -0.2) is 0 Å². The largest absolute Gasteiger partial charge is 0.308 e. The topological polar surface area (TPSA) is 33.1 Å². The first kappa shape index (κ1) is 13.3. The number of rotatable bonds is 5. The molecular weight excluding hydrogens is 248 g/mol. The number of likely N-dealkylation sites (tertiary alicyclic amines) is 1. The first-order valence-electron chi connectivity index (χ1n) is 7.27. The molecule has 1 aliphatic rings. The van der Waals surface area contributed by atoms with Crippen molar-refractivity contribution in [2.45, 2.75) is 25.6 Å². The van der Waals surface area contributed by atoms with E-state index in [1.54, 1.807) is 0 Å². The summed E-state index contributed by atoms with van der Waals surface area (Å²) in [5.41, 5.74) is 2.66. The normalized spacial score (nSPS) is 19.6. The molecule has 1 N–H and O–H groups in total. The minimum Gasteiger partial charge on any atom is -0.308 e. The van der Waals surface area contributed by atoms with Crippen LogP contribution in [0.4, 0.5) is 0 Å². The highest BCUT2D eigenvalue weighted by molar-refractivity contribution is 5.14. The van der Waals surface area contributed by atoms with Gasteiger partial charge in [0.1, 0.15) is 0 Å². The van der Waals surface area contributed by atoms with Crippen LogP contribution in [-0.2, 0) is 20.1 Å². The smallest absolute Gasteiger partial charge is 0.0534 e. The second kappa shape index (κ2) is 6.20. The van der Waals surface area contributed by atoms with Gasteiger partial charge >= 0.3 is 0 Å². The van der Waals surface area contributed by atoms with E-state index in [2.05, 4.69) is 51.8 Å². The van der Waals surface area contributed by atoms with Crippen LogP contribution in [0.5, 0.6) is 0 Å². The van der Waals surface area contributed by atoms with Gasteiger partial charge in [0.25, 0.3) is 0 Å². The van der Waals surface area contributed by atoms with Crippen LogP contribution in [0.1, 0.15) is 17.5 Å². The number of nitrogens with one attached hydrogen (secondary N) is 1. The number of hydrogen-bond acceptors (Lipinski definition) is 3. The minimum absolute atomic E-state index is 0.596. The molecule has 106 valence electrons. The summed E-state index contributed by atoms with van der Waals surface area (Å²) in [7, 11) is 1.96. The molecule has 1 aromatic carbocycles. The van der Waals surface area contributed by atoms with Crippen LogP contribution in [0.25, 0.3) is 0 Å². The third-order valence-electron chi connectivity index (χ3n) is 3.87. The molecule has 1 atom stereocenters. The van der Waals surface area contributed by atoms with Crippen molar-refractivity contribution in [3.8, 4) is 0 Å². The monoisotopic (exact) mass is 270 g/mol. The maximum atomic E-state index is 4.20. The highest BCUT2D eigenvalue weighted by Gasteiger charge is 2.21. The van der Waals surface area contributed by atoms with Crippen molar-refractivity contribution < 1.29 is 0 Å². The number of hydrogen-bond donors (Lipinski definition) is 1. The molecule has 2 heterocycles. The summed E-state index contributed by atoms with van der Waals surface area (Å²) in [6.45, 7) is 4.29. The number of benzene rings is 1. The predicted octanol–water partition coefficient (Wildman–Crippen LogP) is 1.78. The third kappa shape index (κ3) is 3.46. The van der Waals surface area contributed by atoms with Gasteiger partial charge in [0.2, 0.25) is 0 Å². The van der Waals surface area contributed by atoms with E-state index in [0.717, 1.165) is 19.6 Å². The molecule has 1 aliphatic heterocycles. The number of nitrogens with zero attached hydrogens (tertiary/aromatic N) is 3. The number of aryl methyl sites for hydroxylation is 1. The van der Waals surface area contributed by atoms with Crippen LogP contribution < -0.4 is 5.32 Å². The van der Waals surface area contributed by atoms with Crippen molar-refractivity contribution in [3.63, 3.8) is 0 Å². The molecule has 0 saturated carbocycles. The Morgan fingerprint density at radius 2 is 2.10 bits per heavy atom. The molecule has 4 heteroatoms. The average Bonchev–Trinajstić information content (AvgIpc) is 3.07. The molecular formula is C16H22N4. The van der Waals surface area contributed by atoms with Crippen LogP contribution in [0.3, 0.4) is 0 Å². The van der Waals surface area contributed by atoms with E-state index in [4.69, 9.17) is 0 Å². The molecule has 0 unspecified atom stereocenters. The summed E-state index contributed by atoms with van der Waals surface area (Å²) < 4.78 is 1.85. The Kier molecular flexibility index (Phi) is 4.14. The van der Waals surface area contributed by atoms with E-state index in [0.29, 0.717) is 6.04 Å². The summed E-state index contributed by atoms with van der Waals surface area (Å²) in [4.78, 5) is 2.52. The van der Waals surface area contributed by atoms with Gasteiger partial charge in [-0.2, -0.15) is 5.10 Å². The van der Waals surface area contributed by atoms with E-state index in [1.165, 1.54) is 24.1 Å². The summed E-state index contributed by atoms with van der Waals surface area (Å²) >= 11 is 0. The van der Waals surface area contributed by atoms with E-state index in [-0.39, 0.29) is 0 Å². The lowest BCUT2D eigenvalue weighted by atomic mass is 10.2. The number of aromatic nitrogens is 2. The van der Waals surface area contributed by atoms with E-state index in [1.807, 2.05) is 17.9 Å². The summed E-state index contributed by atoms with van der Waals surface area (Å²) in [5, 5.41) is 7.83. The molecule has 20 heavy (non-hydrogen) atoms. The molecule has 4 nitrogen and oxygen atoms in total. The van der Waals surface area contributed by atoms with Crippen LogP contribution in [0.2, 0.25) is 0 Å². The quantitative estimate of drug-likeness (QED) is 0.899. The van der Waals surface area contributed by atoms with E-state index in [9.17, 15) is 0 Å². The first-order valence-corrected chi connectivity index (χ1v) is 7.27. The van der Waals surface area contributed by atoms with Crippen LogP contribution in [-0.4, -0.2) is 33.8 Å². The van der Waals surface area contributed by atoms with Crippen LogP contribution >= 0.6 is 0 Å². The third-order valence-corrected chi connectivity index (χ3v) is 3.87. The van der Waals surface area contributed by atoms with Gasteiger partial charge in [-0.1, -0.05) is 30.3 Å². The van der Waals surface area contributed by atoms with E-state index < -0.39 is 0 Å². The second-order valence-corrected chi connectivity index (χ2v) is 5.61. The summed E-state index contributed by atoms with van der Waals surface area (Å²) in [5.74, 6) is 0. The molecule has 1 saturated heterocycles. The maximum Gasteiger partial charge on any atom is 0.0534 e. The molecule has 3 rings (SSSR count). The first-order chi connectivity index (χ1) is 9.79. The fourth-order valence-corrected chi connectivity index (χ4v) is 2.81. The van der Waals surface area contributed by atoms with Gasteiger partial charge in [0.05, 0.1) is 6.20 Å². The average molecular weight is 270 g/mol. The van der Waals surface area contributed by atoms with Gasteiger partial charge in [-0.3, -0.25) is 9.58 Å². The van der Waals surface area contributed by atoms with Gasteiger partial charge < -0.3 is 5.32 Å². The minimum atomic E-state index is 0.596. The molecule has 0 spiro atoms. The second-order valence-electron chi connectivity index (χ2n) is 5.61. The van der Waals surface area contributed by atoms with Gasteiger partial charge in [-0.15, -0.1) is 0 Å². The summed E-state index contributed by atoms with van der Waals surface area (Å²) in [6.07, 6.45) is 5.24. The molecule has 1 fully saturated rings. The Hall–Kier alpha value is -1.65. The SMILES string of the molecule is Cn1cc(CN[C@@H]2CCN(Cc3ccccc3)C2)cn1. The lowest BCUT2D eigenvalue weighted by Crippen LogP contribution is -2.31. The standard InChI is InChI=1S/C16H22N4/c1-19-11-15(10-18-19)9-17-16-7-8-20(13-16)12-14-5-3-2-4-6-14/h2-6,10-11,16-17H,7-9,12-13H2,1H3/t16-/m1/s1. The van der Waals surface area contributed by atoms with Crippen molar-refractivity contribution in [1.82, 2.24) is 20.0 Å². The summed E-state index contributed by atoms with van der Waals surface area (Å²) in [6, 6.07) is 11.3. The Balaban J connectivity index is 1.45. The Bertz CT molecular complexity index is 534. The Labute approximate surface area is 120 Å². The van der Waals surface area contributed by atoms with Crippen molar-refractivity contribution in [1.29, 1.82) is 0 Å². The maximum absolute atomic E-state index is 4.20. The van der Waals surface area contributed by atoms with Crippen molar-refractivity contribution in [2.75, 3.05) is 13.1 Å². The van der Waals surface area contributed by atoms with Gasteiger partial charge in [-0.05, 0) is 12.0 Å². The van der Waals surface area contributed by atoms with Crippen molar-refractivity contribution in [3.05, 3.63) is 53.9 Å². The molecule has 0 radical (unpaired) electrons. The Morgan fingerprint density at radius 3 is 2.85 bits per heavy atom. The highest BCUT2D eigenvalue weighted by Crippen LogP contribution is 2.13. The predicted molar refractivity (Wildman–Crippen MR) is 80.2 cm³/mol. The molecule has 1 aromatic heterocycles. The fraction of sp³-hybridized carbons (Fsp3) is 0.438. The molecule has 0 bridgehead atoms. The van der Waals surface area contributed by atoms with Gasteiger partial charge in [0.15, 0.2) is 0 Å². The zero-order valence-electron chi connectivity index (χ0n) is 12.0. The lowest BCUT2D eigenvalue weighted by molar-refractivity contribution is 0.320. The zero-order chi connectivity index (χ0) is 13.8. The highest BCUT2D eigenvalue weighted by atomic mass is 15.2. The molecule has 0 aliphatic carbocycles. The zero-order valence-corrected chi connectivity index (χ0v) is 12.0. The van der Waals surface area contributed by atoms with Crippen molar-refractivity contribution in [2.24, 2.45) is 7.05 Å². The molecule has 0 amide bonds. The van der Waals surface area contributed by atoms with Gasteiger partial charge in [0, 0.05) is 51.0 Å². The van der Waals surface area contributed by atoms with Crippen molar-refractivity contribution >= 4 is 0 Å². The van der Waals surface area contributed by atoms with Crippen LogP contribution in [0, 0.1) is 0 Å². The Morgan fingerprint density at radius 1 is 1.25 bits per heavy atom. The fourth-order valence-electron chi connectivity index (χ4n) is 2.81. The van der Waals surface area contributed by atoms with E-state index >= 15 is 0 Å². The van der Waals surface area contributed by atoms with Crippen LogP contribution in [0.15, 0.2) is 42.7 Å².